The normalized spacial score (nSPS) is 22.3. The maximum Gasteiger partial charge on any atom is 0.224 e. The van der Waals surface area contributed by atoms with Crippen molar-refractivity contribution in [2.75, 3.05) is 6.67 Å². The highest BCUT2D eigenvalue weighted by atomic mass is 16.2. The zero-order valence-electron chi connectivity index (χ0n) is 12.0. The molecule has 0 radical (unpaired) electrons. The average Bonchev–Trinajstić information content (AvgIpc) is 2.56. The third-order valence-electron chi connectivity index (χ3n) is 4.27. The summed E-state index contributed by atoms with van der Waals surface area (Å²) in [6.07, 6.45) is 1.44. The van der Waals surface area contributed by atoms with Crippen LogP contribution in [0, 0.1) is 0 Å². The van der Waals surface area contributed by atoms with Gasteiger partial charge in [0.2, 0.25) is 5.91 Å². The molecule has 1 amide bonds. The number of rotatable bonds is 3. The van der Waals surface area contributed by atoms with Gasteiger partial charge in [-0.3, -0.25) is 4.79 Å². The average molecular weight is 280 g/mol. The molecule has 1 fully saturated rings. The summed E-state index contributed by atoms with van der Waals surface area (Å²) in [6.45, 7) is 0.266. The van der Waals surface area contributed by atoms with Crippen molar-refractivity contribution in [3.63, 3.8) is 0 Å². The number of nitrogens with zero attached hydrogens (tertiary/aromatic N) is 1. The van der Waals surface area contributed by atoms with Crippen molar-refractivity contribution >= 4 is 5.91 Å². The SMILES string of the molecule is NCN1C(=O)CC[C@@H](c2ccccc2)[C@@H]1c1ccccc1. The number of piperidine rings is 1. The highest BCUT2D eigenvalue weighted by Gasteiger charge is 2.36. The van der Waals surface area contributed by atoms with Crippen LogP contribution in [0.4, 0.5) is 0 Å². The Bertz CT molecular complexity index is 597. The molecule has 3 heteroatoms. The van der Waals surface area contributed by atoms with E-state index < -0.39 is 0 Å². The van der Waals surface area contributed by atoms with Crippen molar-refractivity contribution in [1.82, 2.24) is 4.90 Å². The van der Waals surface area contributed by atoms with Crippen molar-refractivity contribution in [2.24, 2.45) is 5.73 Å². The molecule has 2 atom stereocenters. The minimum Gasteiger partial charge on any atom is -0.322 e. The number of likely N-dealkylation sites (tertiary alicyclic amines) is 1. The summed E-state index contributed by atoms with van der Waals surface area (Å²) >= 11 is 0. The first kappa shape index (κ1) is 13.8. The highest BCUT2D eigenvalue weighted by Crippen LogP contribution is 2.42. The molecular weight excluding hydrogens is 260 g/mol. The second-order valence-corrected chi connectivity index (χ2v) is 5.46. The van der Waals surface area contributed by atoms with Gasteiger partial charge in [-0.05, 0) is 17.5 Å². The number of benzene rings is 2. The molecule has 1 aliphatic rings. The van der Waals surface area contributed by atoms with E-state index >= 15 is 0 Å². The molecule has 21 heavy (non-hydrogen) atoms. The van der Waals surface area contributed by atoms with Gasteiger partial charge < -0.3 is 10.6 Å². The third kappa shape index (κ3) is 2.69. The lowest BCUT2D eigenvalue weighted by Gasteiger charge is -2.41. The third-order valence-corrected chi connectivity index (χ3v) is 4.27. The van der Waals surface area contributed by atoms with Crippen LogP contribution in [-0.4, -0.2) is 17.5 Å². The van der Waals surface area contributed by atoms with Crippen LogP contribution in [-0.2, 0) is 4.79 Å². The summed E-state index contributed by atoms with van der Waals surface area (Å²) in [7, 11) is 0. The summed E-state index contributed by atoms with van der Waals surface area (Å²) in [5, 5.41) is 0. The molecule has 0 unspecified atom stereocenters. The minimum absolute atomic E-state index is 0.0276. The number of amides is 1. The molecule has 0 saturated carbocycles. The maximum absolute atomic E-state index is 12.2. The predicted octanol–water partition coefficient (Wildman–Crippen LogP) is 3.05. The lowest BCUT2D eigenvalue weighted by molar-refractivity contribution is -0.137. The van der Waals surface area contributed by atoms with Crippen LogP contribution in [0.1, 0.15) is 35.9 Å². The molecule has 2 aromatic carbocycles. The fourth-order valence-corrected chi connectivity index (χ4v) is 3.28. The van der Waals surface area contributed by atoms with Gasteiger partial charge in [0.15, 0.2) is 0 Å². The van der Waals surface area contributed by atoms with Crippen LogP contribution < -0.4 is 5.73 Å². The predicted molar refractivity (Wildman–Crippen MR) is 83.5 cm³/mol. The van der Waals surface area contributed by atoms with E-state index in [1.165, 1.54) is 5.56 Å². The Morgan fingerprint density at radius 3 is 2.10 bits per heavy atom. The zero-order valence-corrected chi connectivity index (χ0v) is 12.0. The van der Waals surface area contributed by atoms with E-state index in [0.29, 0.717) is 12.3 Å². The number of carbonyl (C=O) groups excluding carboxylic acids is 1. The fourth-order valence-electron chi connectivity index (χ4n) is 3.28. The van der Waals surface area contributed by atoms with Gasteiger partial charge in [0.1, 0.15) is 0 Å². The second kappa shape index (κ2) is 6.10. The van der Waals surface area contributed by atoms with E-state index in [1.54, 1.807) is 0 Å². The minimum atomic E-state index is 0.0276. The molecule has 0 aliphatic carbocycles. The standard InChI is InChI=1S/C18H20N2O/c19-13-20-17(21)12-11-16(14-7-3-1-4-8-14)18(20)15-9-5-2-6-10-15/h1-10,16,18H,11-13,19H2/t16-,18-/m0/s1. The molecule has 2 N–H and O–H groups in total. The maximum atomic E-state index is 12.2. The number of hydrogen-bond donors (Lipinski definition) is 1. The van der Waals surface area contributed by atoms with Gasteiger partial charge in [0, 0.05) is 12.3 Å². The van der Waals surface area contributed by atoms with E-state index in [1.807, 2.05) is 29.2 Å². The Balaban J connectivity index is 2.03. The lowest BCUT2D eigenvalue weighted by atomic mass is 9.80. The van der Waals surface area contributed by atoms with Gasteiger partial charge in [0.05, 0.1) is 12.7 Å². The van der Waals surface area contributed by atoms with E-state index in [9.17, 15) is 4.79 Å². The van der Waals surface area contributed by atoms with E-state index in [2.05, 4.69) is 36.4 Å². The number of hydrogen-bond acceptors (Lipinski definition) is 2. The lowest BCUT2D eigenvalue weighted by Crippen LogP contribution is -2.44. The molecule has 1 aliphatic heterocycles. The van der Waals surface area contributed by atoms with Crippen molar-refractivity contribution < 1.29 is 4.79 Å². The Morgan fingerprint density at radius 1 is 0.952 bits per heavy atom. The molecule has 108 valence electrons. The number of nitrogens with two attached hydrogens (primary N) is 1. The van der Waals surface area contributed by atoms with Gasteiger partial charge in [-0.1, -0.05) is 60.7 Å². The summed E-state index contributed by atoms with van der Waals surface area (Å²) in [5.74, 6) is 0.452. The van der Waals surface area contributed by atoms with Gasteiger partial charge in [-0.2, -0.15) is 0 Å². The number of carbonyl (C=O) groups is 1. The first-order valence-corrected chi connectivity index (χ1v) is 7.40. The summed E-state index contributed by atoms with van der Waals surface area (Å²) < 4.78 is 0. The van der Waals surface area contributed by atoms with Crippen molar-refractivity contribution in [3.8, 4) is 0 Å². The smallest absolute Gasteiger partial charge is 0.224 e. The van der Waals surface area contributed by atoms with Gasteiger partial charge >= 0.3 is 0 Å². The van der Waals surface area contributed by atoms with E-state index in [-0.39, 0.29) is 18.6 Å². The molecular formula is C18H20N2O. The summed E-state index contributed by atoms with van der Waals surface area (Å²) in [5.41, 5.74) is 8.30. The highest BCUT2D eigenvalue weighted by molar-refractivity contribution is 5.78. The fraction of sp³-hybridized carbons (Fsp3) is 0.278. The largest absolute Gasteiger partial charge is 0.322 e. The van der Waals surface area contributed by atoms with Crippen molar-refractivity contribution in [1.29, 1.82) is 0 Å². The Hall–Kier alpha value is -2.13. The van der Waals surface area contributed by atoms with Gasteiger partial charge in [-0.25, -0.2) is 0 Å². The molecule has 2 aromatic rings. The van der Waals surface area contributed by atoms with Crippen LogP contribution in [0.5, 0.6) is 0 Å². The molecule has 1 heterocycles. The topological polar surface area (TPSA) is 46.3 Å². The van der Waals surface area contributed by atoms with Crippen LogP contribution in [0.25, 0.3) is 0 Å². The second-order valence-electron chi connectivity index (χ2n) is 5.46. The monoisotopic (exact) mass is 280 g/mol. The van der Waals surface area contributed by atoms with Crippen LogP contribution in [0.3, 0.4) is 0 Å². The molecule has 0 aromatic heterocycles. The summed E-state index contributed by atoms with van der Waals surface area (Å²) in [6, 6.07) is 20.7. The Labute approximate surface area is 125 Å². The molecule has 0 bridgehead atoms. The van der Waals surface area contributed by atoms with E-state index in [4.69, 9.17) is 5.73 Å². The van der Waals surface area contributed by atoms with Gasteiger partial charge in [0.25, 0.3) is 0 Å². The molecule has 3 nitrogen and oxygen atoms in total. The van der Waals surface area contributed by atoms with Gasteiger partial charge in [-0.15, -0.1) is 0 Å². The molecule has 0 spiro atoms. The van der Waals surface area contributed by atoms with Crippen molar-refractivity contribution in [2.45, 2.75) is 24.8 Å². The van der Waals surface area contributed by atoms with Crippen LogP contribution in [0.15, 0.2) is 60.7 Å². The first-order chi connectivity index (χ1) is 10.3. The quantitative estimate of drug-likeness (QED) is 0.939. The first-order valence-electron chi connectivity index (χ1n) is 7.40. The molecule has 1 saturated heterocycles. The van der Waals surface area contributed by atoms with Crippen LogP contribution in [0.2, 0.25) is 0 Å². The Kier molecular flexibility index (Phi) is 4.02. The Morgan fingerprint density at radius 2 is 1.52 bits per heavy atom. The summed E-state index contributed by atoms with van der Waals surface area (Å²) in [4.78, 5) is 14.0. The van der Waals surface area contributed by atoms with E-state index in [0.717, 1.165) is 12.0 Å². The zero-order chi connectivity index (χ0) is 14.7. The molecule has 3 rings (SSSR count). The van der Waals surface area contributed by atoms with Crippen LogP contribution >= 0.6 is 0 Å². The van der Waals surface area contributed by atoms with Crippen molar-refractivity contribution in [3.05, 3.63) is 71.8 Å².